The predicted molar refractivity (Wildman–Crippen MR) is 114 cm³/mol. The molecular formula is C22H35N5O. The molecule has 0 spiro atoms. The zero-order valence-electron chi connectivity index (χ0n) is 17.4. The minimum absolute atomic E-state index is 0.302. The molecule has 1 aromatic rings. The normalized spacial score (nSPS) is 19.1. The van der Waals surface area contributed by atoms with E-state index >= 15 is 0 Å². The van der Waals surface area contributed by atoms with Crippen molar-refractivity contribution in [2.24, 2.45) is 10.9 Å². The zero-order chi connectivity index (χ0) is 19.8. The van der Waals surface area contributed by atoms with Gasteiger partial charge in [-0.05, 0) is 25.3 Å². The van der Waals surface area contributed by atoms with Crippen LogP contribution in [-0.4, -0.2) is 68.0 Å². The van der Waals surface area contributed by atoms with E-state index in [1.54, 1.807) is 7.05 Å². The van der Waals surface area contributed by atoms with Gasteiger partial charge < -0.3 is 15.5 Å². The van der Waals surface area contributed by atoms with E-state index in [-0.39, 0.29) is 0 Å². The summed E-state index contributed by atoms with van der Waals surface area (Å²) in [7, 11) is 1.80. The lowest BCUT2D eigenvalue weighted by Gasteiger charge is -2.36. The Bertz CT molecular complexity index is 661. The van der Waals surface area contributed by atoms with Crippen LogP contribution in [0.2, 0.25) is 0 Å². The van der Waals surface area contributed by atoms with Crippen LogP contribution in [0.3, 0.4) is 0 Å². The van der Waals surface area contributed by atoms with Crippen molar-refractivity contribution in [1.29, 1.82) is 0 Å². The van der Waals surface area contributed by atoms with Gasteiger partial charge in [0.15, 0.2) is 5.96 Å². The van der Waals surface area contributed by atoms with E-state index in [0.29, 0.717) is 11.8 Å². The van der Waals surface area contributed by atoms with E-state index in [1.807, 2.05) is 0 Å². The first-order valence-electron chi connectivity index (χ1n) is 10.7. The van der Waals surface area contributed by atoms with Crippen molar-refractivity contribution in [2.75, 3.05) is 46.3 Å². The Kier molecular flexibility index (Phi) is 7.71. The van der Waals surface area contributed by atoms with Gasteiger partial charge in [-0.15, -0.1) is 0 Å². The molecule has 1 aliphatic heterocycles. The fraction of sp³-hybridized carbons (Fsp3) is 0.636. The Morgan fingerprint density at radius 1 is 1.14 bits per heavy atom. The number of carbonyl (C=O) groups excluding carboxylic acids is 1. The van der Waals surface area contributed by atoms with E-state index in [9.17, 15) is 4.79 Å². The van der Waals surface area contributed by atoms with Crippen LogP contribution in [0, 0.1) is 12.8 Å². The van der Waals surface area contributed by atoms with Crippen molar-refractivity contribution < 1.29 is 4.79 Å². The number of rotatable bonds is 6. The summed E-state index contributed by atoms with van der Waals surface area (Å²) in [5.41, 5.74) is 2.53. The average Bonchev–Trinajstić information content (AvgIpc) is 3.25. The number of nitrogens with one attached hydrogen (secondary N) is 2. The van der Waals surface area contributed by atoms with Gasteiger partial charge >= 0.3 is 0 Å². The third kappa shape index (κ3) is 5.96. The average molecular weight is 386 g/mol. The molecule has 1 heterocycles. The van der Waals surface area contributed by atoms with Crippen molar-refractivity contribution in [3.8, 4) is 0 Å². The van der Waals surface area contributed by atoms with Gasteiger partial charge in [0.2, 0.25) is 5.91 Å². The summed E-state index contributed by atoms with van der Waals surface area (Å²) < 4.78 is 0. The fourth-order valence-electron chi connectivity index (χ4n) is 4.18. The molecule has 6 nitrogen and oxygen atoms in total. The highest BCUT2D eigenvalue weighted by atomic mass is 16.2. The standard InChI is InChI=1S/C22H35N5O/c1-18-6-5-7-19(16-18)17-25-22(23-2)24-10-11-26-12-14-27(15-13-26)21(28)20-8-3-4-9-20/h5-7,16,20H,3-4,8-15,17H2,1-2H3,(H2,23,24,25). The Hall–Kier alpha value is -2.08. The van der Waals surface area contributed by atoms with E-state index in [0.717, 1.165) is 64.6 Å². The number of guanidine groups is 1. The summed E-state index contributed by atoms with van der Waals surface area (Å²) in [6, 6.07) is 8.50. The highest BCUT2D eigenvalue weighted by Gasteiger charge is 2.29. The first-order valence-corrected chi connectivity index (χ1v) is 10.7. The molecule has 6 heteroatoms. The lowest BCUT2D eigenvalue weighted by atomic mass is 10.1. The maximum atomic E-state index is 12.5. The summed E-state index contributed by atoms with van der Waals surface area (Å²) in [4.78, 5) is 21.4. The third-order valence-corrected chi connectivity index (χ3v) is 5.87. The molecule has 2 aliphatic rings. The highest BCUT2D eigenvalue weighted by Crippen LogP contribution is 2.26. The molecule has 28 heavy (non-hydrogen) atoms. The number of nitrogens with zero attached hydrogens (tertiary/aromatic N) is 3. The number of benzene rings is 1. The fourth-order valence-corrected chi connectivity index (χ4v) is 4.18. The lowest BCUT2D eigenvalue weighted by molar-refractivity contribution is -0.137. The zero-order valence-corrected chi connectivity index (χ0v) is 17.4. The smallest absolute Gasteiger partial charge is 0.225 e. The molecule has 1 saturated carbocycles. The number of amides is 1. The van der Waals surface area contributed by atoms with Crippen LogP contribution >= 0.6 is 0 Å². The van der Waals surface area contributed by atoms with Crippen LogP contribution in [0.4, 0.5) is 0 Å². The monoisotopic (exact) mass is 385 g/mol. The topological polar surface area (TPSA) is 60.0 Å². The second-order valence-electron chi connectivity index (χ2n) is 7.99. The van der Waals surface area contributed by atoms with Crippen LogP contribution < -0.4 is 10.6 Å². The molecule has 0 unspecified atom stereocenters. The van der Waals surface area contributed by atoms with Crippen LogP contribution in [0.1, 0.15) is 36.8 Å². The Labute approximate surface area is 169 Å². The molecule has 0 bridgehead atoms. The SMILES string of the molecule is CN=C(NCCN1CCN(C(=O)C2CCCC2)CC1)NCc1cccc(C)c1. The van der Waals surface area contributed by atoms with Crippen molar-refractivity contribution in [1.82, 2.24) is 20.4 Å². The molecule has 2 N–H and O–H groups in total. The largest absolute Gasteiger partial charge is 0.355 e. The number of aliphatic imine (C=N–C) groups is 1. The quantitative estimate of drug-likeness (QED) is 0.581. The van der Waals surface area contributed by atoms with Gasteiger partial charge in [0, 0.05) is 58.8 Å². The van der Waals surface area contributed by atoms with Crippen molar-refractivity contribution >= 4 is 11.9 Å². The molecule has 1 aliphatic carbocycles. The molecule has 1 amide bonds. The molecule has 1 aromatic carbocycles. The minimum atomic E-state index is 0.302. The number of hydrogen-bond donors (Lipinski definition) is 2. The van der Waals surface area contributed by atoms with Crippen LogP contribution in [-0.2, 0) is 11.3 Å². The Morgan fingerprint density at radius 3 is 2.57 bits per heavy atom. The summed E-state index contributed by atoms with van der Waals surface area (Å²) in [5, 5.41) is 6.77. The third-order valence-electron chi connectivity index (χ3n) is 5.87. The van der Waals surface area contributed by atoms with E-state index in [4.69, 9.17) is 0 Å². The van der Waals surface area contributed by atoms with Crippen LogP contribution in [0.25, 0.3) is 0 Å². The highest BCUT2D eigenvalue weighted by molar-refractivity contribution is 5.79. The summed E-state index contributed by atoms with van der Waals surface area (Å²) in [6.45, 7) is 8.37. The van der Waals surface area contributed by atoms with Gasteiger partial charge in [-0.3, -0.25) is 14.7 Å². The van der Waals surface area contributed by atoms with Crippen LogP contribution in [0.15, 0.2) is 29.3 Å². The molecule has 0 atom stereocenters. The first-order chi connectivity index (χ1) is 13.7. The molecule has 3 rings (SSSR count). The van der Waals surface area contributed by atoms with Crippen molar-refractivity contribution in [3.63, 3.8) is 0 Å². The van der Waals surface area contributed by atoms with Crippen molar-refractivity contribution in [3.05, 3.63) is 35.4 Å². The second kappa shape index (κ2) is 10.5. The predicted octanol–water partition coefficient (Wildman–Crippen LogP) is 1.99. The van der Waals surface area contributed by atoms with Gasteiger partial charge in [-0.25, -0.2) is 0 Å². The first kappa shape index (κ1) is 20.6. The lowest BCUT2D eigenvalue weighted by Crippen LogP contribution is -2.51. The Balaban J connectivity index is 1.32. The number of hydrogen-bond acceptors (Lipinski definition) is 3. The molecule has 2 fully saturated rings. The van der Waals surface area contributed by atoms with Gasteiger partial charge in [0.1, 0.15) is 0 Å². The second-order valence-corrected chi connectivity index (χ2v) is 7.99. The van der Waals surface area contributed by atoms with Gasteiger partial charge in [0.05, 0.1) is 0 Å². The molecule has 0 radical (unpaired) electrons. The number of aryl methyl sites for hydroxylation is 1. The molecule has 0 aromatic heterocycles. The van der Waals surface area contributed by atoms with Gasteiger partial charge in [-0.2, -0.15) is 0 Å². The minimum Gasteiger partial charge on any atom is -0.355 e. The Morgan fingerprint density at radius 2 is 1.89 bits per heavy atom. The van der Waals surface area contributed by atoms with E-state index < -0.39 is 0 Å². The van der Waals surface area contributed by atoms with E-state index in [1.165, 1.54) is 24.0 Å². The van der Waals surface area contributed by atoms with Crippen molar-refractivity contribution in [2.45, 2.75) is 39.2 Å². The summed E-state index contributed by atoms with van der Waals surface area (Å²) in [6.07, 6.45) is 4.64. The van der Waals surface area contributed by atoms with Crippen LogP contribution in [0.5, 0.6) is 0 Å². The number of piperazine rings is 1. The van der Waals surface area contributed by atoms with Gasteiger partial charge in [-0.1, -0.05) is 42.7 Å². The van der Waals surface area contributed by atoms with E-state index in [2.05, 4.69) is 56.6 Å². The maximum absolute atomic E-state index is 12.5. The summed E-state index contributed by atoms with van der Waals surface area (Å²) in [5.74, 6) is 1.53. The molecule has 154 valence electrons. The molecular weight excluding hydrogens is 350 g/mol. The molecule has 1 saturated heterocycles. The maximum Gasteiger partial charge on any atom is 0.225 e. The van der Waals surface area contributed by atoms with Gasteiger partial charge in [0.25, 0.3) is 0 Å². The summed E-state index contributed by atoms with van der Waals surface area (Å²) >= 11 is 0. The number of carbonyl (C=O) groups is 1.